The minimum atomic E-state index is -1.39. The van der Waals surface area contributed by atoms with Crippen molar-refractivity contribution in [3.8, 4) is 0 Å². The van der Waals surface area contributed by atoms with Crippen LogP contribution < -0.4 is 0 Å². The first-order valence-electron chi connectivity index (χ1n) is 5.25. The largest absolute Gasteiger partial charge is 0.478 e. The average Bonchev–Trinajstić information content (AvgIpc) is 2.25. The molecule has 5 heteroatoms. The molecule has 0 radical (unpaired) electrons. The first-order chi connectivity index (χ1) is 7.49. The molecule has 0 atom stereocenters. The van der Waals surface area contributed by atoms with Crippen molar-refractivity contribution in [2.24, 2.45) is 0 Å². The maximum absolute atomic E-state index is 11.0. The first-order valence-corrected chi connectivity index (χ1v) is 5.25. The van der Waals surface area contributed by atoms with Crippen LogP contribution in [0.5, 0.6) is 0 Å². The van der Waals surface area contributed by atoms with Gasteiger partial charge in [-0.1, -0.05) is 19.3 Å². The molecule has 0 aromatic carbocycles. The van der Waals surface area contributed by atoms with Gasteiger partial charge in [0.05, 0.1) is 18.3 Å². The maximum atomic E-state index is 11.0. The van der Waals surface area contributed by atoms with Gasteiger partial charge in [-0.3, -0.25) is 0 Å². The van der Waals surface area contributed by atoms with Crippen LogP contribution in [0, 0.1) is 0 Å². The Morgan fingerprint density at radius 1 is 1.25 bits per heavy atom. The number of aliphatic carboxylic acids is 1. The van der Waals surface area contributed by atoms with Crippen molar-refractivity contribution >= 4 is 11.9 Å². The van der Waals surface area contributed by atoms with E-state index in [1.807, 2.05) is 0 Å². The van der Waals surface area contributed by atoms with Gasteiger partial charge in [0.1, 0.15) is 0 Å². The van der Waals surface area contributed by atoms with E-state index >= 15 is 0 Å². The summed E-state index contributed by atoms with van der Waals surface area (Å²) in [5, 5.41) is 19.2. The molecule has 0 bridgehead atoms. The molecule has 0 amide bonds. The lowest BCUT2D eigenvalue weighted by molar-refractivity contribution is -0.139. The highest BCUT2D eigenvalue weighted by atomic mass is 16.5. The van der Waals surface area contributed by atoms with Gasteiger partial charge in [-0.05, 0) is 12.8 Å². The Labute approximate surface area is 93.7 Å². The fourth-order valence-corrected chi connectivity index (χ4v) is 1.98. The van der Waals surface area contributed by atoms with Gasteiger partial charge in [0.2, 0.25) is 0 Å². The summed E-state index contributed by atoms with van der Waals surface area (Å²) in [4.78, 5) is 22.1. The molecule has 90 valence electrons. The van der Waals surface area contributed by atoms with E-state index in [0.29, 0.717) is 12.8 Å². The summed E-state index contributed by atoms with van der Waals surface area (Å²) >= 11 is 0. The average molecular weight is 228 g/mol. The van der Waals surface area contributed by atoms with Crippen LogP contribution in [0.4, 0.5) is 0 Å². The van der Waals surface area contributed by atoms with Gasteiger partial charge < -0.3 is 14.9 Å². The monoisotopic (exact) mass is 228 g/mol. The number of carboxylic acids is 1. The summed E-state index contributed by atoms with van der Waals surface area (Å²) in [5.74, 6) is -2.02. The summed E-state index contributed by atoms with van der Waals surface area (Å²) in [6.45, 7) is 0. The summed E-state index contributed by atoms with van der Waals surface area (Å²) in [7, 11) is 1.17. The van der Waals surface area contributed by atoms with Crippen LogP contribution in [0.3, 0.4) is 0 Å². The van der Waals surface area contributed by atoms with E-state index in [9.17, 15) is 14.7 Å². The zero-order chi connectivity index (χ0) is 12.2. The quantitative estimate of drug-likeness (QED) is 0.553. The topological polar surface area (TPSA) is 83.8 Å². The SMILES string of the molecule is COC(=O)/C=C(\C(=O)O)C1(O)CCCCC1. The Kier molecular flexibility index (Phi) is 4.06. The zero-order valence-corrected chi connectivity index (χ0v) is 9.23. The third-order valence-corrected chi connectivity index (χ3v) is 2.88. The van der Waals surface area contributed by atoms with Crippen LogP contribution in [0.2, 0.25) is 0 Å². The predicted octanol–water partition coefficient (Wildman–Crippen LogP) is 0.866. The Morgan fingerprint density at radius 3 is 2.25 bits per heavy atom. The second-order valence-electron chi connectivity index (χ2n) is 3.98. The molecule has 1 aliphatic carbocycles. The van der Waals surface area contributed by atoms with Crippen LogP contribution in [0.25, 0.3) is 0 Å². The van der Waals surface area contributed by atoms with Crippen LogP contribution in [-0.2, 0) is 14.3 Å². The fraction of sp³-hybridized carbons (Fsp3) is 0.636. The van der Waals surface area contributed by atoms with Gasteiger partial charge in [0, 0.05) is 6.08 Å². The van der Waals surface area contributed by atoms with Gasteiger partial charge in [-0.2, -0.15) is 0 Å². The Morgan fingerprint density at radius 2 is 1.81 bits per heavy atom. The molecule has 1 rings (SSSR count). The molecule has 0 aliphatic heterocycles. The number of ether oxygens (including phenoxy) is 1. The highest BCUT2D eigenvalue weighted by Gasteiger charge is 2.37. The molecular formula is C11H16O5. The molecule has 1 saturated carbocycles. The van der Waals surface area contributed by atoms with Gasteiger partial charge in [0.15, 0.2) is 0 Å². The number of aliphatic hydroxyl groups is 1. The van der Waals surface area contributed by atoms with E-state index in [1.54, 1.807) is 0 Å². The second-order valence-corrected chi connectivity index (χ2v) is 3.98. The van der Waals surface area contributed by atoms with E-state index in [4.69, 9.17) is 5.11 Å². The molecule has 16 heavy (non-hydrogen) atoms. The number of esters is 1. The van der Waals surface area contributed by atoms with Crippen LogP contribution in [0.15, 0.2) is 11.6 Å². The van der Waals surface area contributed by atoms with Crippen molar-refractivity contribution < 1.29 is 24.5 Å². The standard InChI is InChI=1S/C11H16O5/c1-16-9(12)7-8(10(13)14)11(15)5-3-2-4-6-11/h7,15H,2-6H2,1H3,(H,13,14)/b8-7+. The van der Waals surface area contributed by atoms with Crippen molar-refractivity contribution in [3.63, 3.8) is 0 Å². The normalized spacial score (nSPS) is 20.2. The van der Waals surface area contributed by atoms with E-state index in [1.165, 1.54) is 7.11 Å². The van der Waals surface area contributed by atoms with Crippen LogP contribution in [-0.4, -0.2) is 34.9 Å². The number of rotatable bonds is 3. The van der Waals surface area contributed by atoms with Crippen molar-refractivity contribution in [1.29, 1.82) is 0 Å². The maximum Gasteiger partial charge on any atom is 0.334 e. The molecule has 0 unspecified atom stereocenters. The summed E-state index contributed by atoms with van der Waals surface area (Å²) in [6.07, 6.45) is 4.13. The predicted molar refractivity (Wildman–Crippen MR) is 55.8 cm³/mol. The van der Waals surface area contributed by atoms with Crippen molar-refractivity contribution in [2.45, 2.75) is 37.7 Å². The lowest BCUT2D eigenvalue weighted by atomic mass is 9.79. The fourth-order valence-electron chi connectivity index (χ4n) is 1.98. The number of hydrogen-bond donors (Lipinski definition) is 2. The molecule has 2 N–H and O–H groups in total. The van der Waals surface area contributed by atoms with E-state index in [-0.39, 0.29) is 5.57 Å². The molecule has 0 spiro atoms. The van der Waals surface area contributed by atoms with Gasteiger partial charge in [-0.25, -0.2) is 9.59 Å². The molecule has 1 fully saturated rings. The van der Waals surface area contributed by atoms with Crippen LogP contribution >= 0.6 is 0 Å². The summed E-state index contributed by atoms with van der Waals surface area (Å²) in [5.41, 5.74) is -1.66. The number of carbonyl (C=O) groups excluding carboxylic acids is 1. The Hall–Kier alpha value is -1.36. The summed E-state index contributed by atoms with van der Waals surface area (Å²) in [6, 6.07) is 0. The van der Waals surface area contributed by atoms with Gasteiger partial charge >= 0.3 is 11.9 Å². The molecule has 0 aromatic heterocycles. The van der Waals surface area contributed by atoms with E-state index in [2.05, 4.69) is 4.74 Å². The van der Waals surface area contributed by atoms with Crippen LogP contribution in [0.1, 0.15) is 32.1 Å². The Balaban J connectivity index is 2.96. The van der Waals surface area contributed by atoms with E-state index < -0.39 is 17.5 Å². The van der Waals surface area contributed by atoms with E-state index in [0.717, 1.165) is 25.3 Å². The summed E-state index contributed by atoms with van der Waals surface area (Å²) < 4.78 is 4.38. The molecule has 5 nitrogen and oxygen atoms in total. The second kappa shape index (κ2) is 5.12. The third-order valence-electron chi connectivity index (χ3n) is 2.88. The molecular weight excluding hydrogens is 212 g/mol. The number of carbonyl (C=O) groups is 2. The number of carboxylic acid groups (broad SMARTS) is 1. The molecule has 0 aromatic rings. The van der Waals surface area contributed by atoms with Gasteiger partial charge in [0.25, 0.3) is 0 Å². The van der Waals surface area contributed by atoms with Crippen molar-refractivity contribution in [2.75, 3.05) is 7.11 Å². The first kappa shape index (κ1) is 12.7. The Bertz CT molecular complexity index is 312. The lowest BCUT2D eigenvalue weighted by Gasteiger charge is -2.32. The minimum absolute atomic E-state index is 0.265. The molecule has 0 saturated heterocycles. The third kappa shape index (κ3) is 2.82. The zero-order valence-electron chi connectivity index (χ0n) is 9.23. The molecule has 1 aliphatic rings. The highest BCUT2D eigenvalue weighted by Crippen LogP contribution is 2.34. The number of methoxy groups -OCH3 is 1. The van der Waals surface area contributed by atoms with Gasteiger partial charge in [-0.15, -0.1) is 0 Å². The molecule has 0 heterocycles. The van der Waals surface area contributed by atoms with Crippen molar-refractivity contribution in [1.82, 2.24) is 0 Å². The smallest absolute Gasteiger partial charge is 0.334 e. The number of hydrogen-bond acceptors (Lipinski definition) is 4. The lowest BCUT2D eigenvalue weighted by Crippen LogP contribution is -2.37. The highest BCUT2D eigenvalue weighted by molar-refractivity contribution is 5.97. The minimum Gasteiger partial charge on any atom is -0.478 e. The van der Waals surface area contributed by atoms with Crippen molar-refractivity contribution in [3.05, 3.63) is 11.6 Å².